The van der Waals surface area contributed by atoms with Gasteiger partial charge in [-0.25, -0.2) is 28.4 Å². The molecule has 0 fully saturated rings. The van der Waals surface area contributed by atoms with Crippen molar-refractivity contribution in [1.29, 1.82) is 0 Å². The molecule has 1 amide bonds. The number of aromatic nitrogens is 5. The monoisotopic (exact) mass is 593 g/mol. The van der Waals surface area contributed by atoms with E-state index < -0.39 is 10.0 Å². The van der Waals surface area contributed by atoms with Gasteiger partial charge in [0.1, 0.15) is 0 Å². The molecule has 11 nitrogen and oxygen atoms in total. The first-order valence-corrected chi connectivity index (χ1v) is 15.7. The quantitative estimate of drug-likeness (QED) is 0.183. The number of nitrogens with one attached hydrogen (secondary N) is 2. The molecular weight excluding hydrogens is 571 g/mol. The summed E-state index contributed by atoms with van der Waals surface area (Å²) in [5.41, 5.74) is 3.04. The van der Waals surface area contributed by atoms with Crippen LogP contribution in [-0.4, -0.2) is 50.8 Å². The Morgan fingerprint density at radius 2 is 1.77 bits per heavy atom. The second kappa shape index (κ2) is 11.9. The number of aryl methyl sites for hydroxylation is 1. The number of sulfonamides is 1. The molecule has 14 heteroatoms. The van der Waals surface area contributed by atoms with Crippen molar-refractivity contribution in [2.24, 2.45) is 0 Å². The molecule has 3 aromatic heterocycles. The molecule has 0 saturated carbocycles. The lowest BCUT2D eigenvalue weighted by Gasteiger charge is -2.12. The Balaban J connectivity index is 1.27. The first kappa shape index (κ1) is 27.4. The summed E-state index contributed by atoms with van der Waals surface area (Å²) >= 11 is 2.41. The largest absolute Gasteiger partial charge is 0.301 e. The Bertz CT molecular complexity index is 1820. The summed E-state index contributed by atoms with van der Waals surface area (Å²) in [6, 6.07) is 16.6. The Kier molecular flexibility index (Phi) is 8.19. The maximum atomic E-state index is 13.2. The third-order valence-electron chi connectivity index (χ3n) is 5.59. The number of fused-ring (bicyclic) bond motifs is 1. The molecular formula is C26H23N7O4S3. The number of thioether (sulfide) groups is 1. The summed E-state index contributed by atoms with van der Waals surface area (Å²) < 4.78 is 26.7. The molecule has 0 aliphatic rings. The standard InChI is InChI=1S/C26H23N7O4S3/c1-40(36,37)32-19-9-7-18(8-10-19)20-15-38-25(29-20)30-21(34)16-39-26-31-23-22(27-12-13-28-23)24(35)33(26)14-11-17-5-3-2-4-6-17/h2-10,12-13,15,32H,11,14,16H2,1H3,(H,29,30,34). The van der Waals surface area contributed by atoms with Crippen LogP contribution in [0.25, 0.3) is 22.4 Å². The average molecular weight is 594 g/mol. The molecule has 5 rings (SSSR count). The van der Waals surface area contributed by atoms with Crippen LogP contribution in [0.2, 0.25) is 0 Å². The first-order chi connectivity index (χ1) is 19.2. The fraction of sp³-hybridized carbons (Fsp3) is 0.154. The van der Waals surface area contributed by atoms with Crippen molar-refractivity contribution >= 4 is 61.0 Å². The fourth-order valence-corrected chi connectivity index (χ4v) is 5.91. The van der Waals surface area contributed by atoms with E-state index in [1.165, 1.54) is 28.3 Å². The zero-order chi connectivity index (χ0) is 28.1. The second-order valence-electron chi connectivity index (χ2n) is 8.64. The number of thiazole rings is 1. The molecule has 3 heterocycles. The lowest BCUT2D eigenvalue weighted by atomic mass is 10.1. The van der Waals surface area contributed by atoms with Crippen molar-refractivity contribution in [1.82, 2.24) is 24.5 Å². The van der Waals surface area contributed by atoms with Gasteiger partial charge in [-0.3, -0.25) is 18.9 Å². The molecule has 0 aliphatic carbocycles. The van der Waals surface area contributed by atoms with Crippen molar-refractivity contribution in [3.63, 3.8) is 0 Å². The highest BCUT2D eigenvalue weighted by Gasteiger charge is 2.16. The molecule has 204 valence electrons. The van der Waals surface area contributed by atoms with E-state index in [0.29, 0.717) is 34.6 Å². The molecule has 0 aliphatic heterocycles. The van der Waals surface area contributed by atoms with E-state index >= 15 is 0 Å². The van der Waals surface area contributed by atoms with Gasteiger partial charge in [-0.2, -0.15) is 0 Å². The van der Waals surface area contributed by atoms with Crippen molar-refractivity contribution in [2.75, 3.05) is 22.0 Å². The number of carbonyl (C=O) groups is 1. The fourth-order valence-electron chi connectivity index (χ4n) is 3.79. The van der Waals surface area contributed by atoms with Crippen LogP contribution >= 0.6 is 23.1 Å². The minimum absolute atomic E-state index is 0.00428. The van der Waals surface area contributed by atoms with E-state index in [-0.39, 0.29) is 28.4 Å². The van der Waals surface area contributed by atoms with Crippen molar-refractivity contribution in [3.05, 3.63) is 88.3 Å². The van der Waals surface area contributed by atoms with E-state index in [9.17, 15) is 18.0 Å². The SMILES string of the molecule is CS(=O)(=O)Nc1ccc(-c2csc(NC(=O)CSc3nc4nccnc4c(=O)n3CCc3ccccc3)n2)cc1. The van der Waals surface area contributed by atoms with Gasteiger partial charge < -0.3 is 5.32 Å². The summed E-state index contributed by atoms with van der Waals surface area (Å²) in [6.07, 6.45) is 4.63. The predicted molar refractivity (Wildman–Crippen MR) is 157 cm³/mol. The average Bonchev–Trinajstić information content (AvgIpc) is 3.40. The summed E-state index contributed by atoms with van der Waals surface area (Å²) in [6.45, 7) is 0.376. The molecule has 40 heavy (non-hydrogen) atoms. The van der Waals surface area contributed by atoms with Crippen molar-refractivity contribution in [3.8, 4) is 11.3 Å². The van der Waals surface area contributed by atoms with Gasteiger partial charge in [0, 0.05) is 35.6 Å². The first-order valence-electron chi connectivity index (χ1n) is 12.0. The van der Waals surface area contributed by atoms with Crippen LogP contribution in [-0.2, 0) is 27.8 Å². The van der Waals surface area contributed by atoms with Crippen LogP contribution in [0.3, 0.4) is 0 Å². The number of nitrogens with zero attached hydrogens (tertiary/aromatic N) is 5. The van der Waals surface area contributed by atoms with Gasteiger partial charge >= 0.3 is 0 Å². The number of benzene rings is 2. The zero-order valence-electron chi connectivity index (χ0n) is 21.1. The van der Waals surface area contributed by atoms with Crippen LogP contribution in [0.1, 0.15) is 5.56 Å². The normalized spacial score (nSPS) is 11.4. The topological polar surface area (TPSA) is 149 Å². The number of hydrogen-bond acceptors (Lipinski definition) is 10. The van der Waals surface area contributed by atoms with Gasteiger partial charge in [0.25, 0.3) is 5.56 Å². The van der Waals surface area contributed by atoms with E-state index in [4.69, 9.17) is 0 Å². The Hall–Kier alpha value is -4.14. The number of anilines is 2. The summed E-state index contributed by atoms with van der Waals surface area (Å²) in [4.78, 5) is 43.3. The molecule has 0 radical (unpaired) electrons. The van der Waals surface area contributed by atoms with Crippen LogP contribution < -0.4 is 15.6 Å². The minimum atomic E-state index is -3.36. The van der Waals surface area contributed by atoms with Crippen LogP contribution in [0, 0.1) is 0 Å². The number of rotatable bonds is 10. The van der Waals surface area contributed by atoms with Gasteiger partial charge in [0.05, 0.1) is 17.7 Å². The highest BCUT2D eigenvalue weighted by Crippen LogP contribution is 2.26. The zero-order valence-corrected chi connectivity index (χ0v) is 23.6. The smallest absolute Gasteiger partial charge is 0.282 e. The molecule has 0 bridgehead atoms. The molecule has 0 atom stereocenters. The van der Waals surface area contributed by atoms with Crippen LogP contribution in [0.15, 0.2) is 82.3 Å². The van der Waals surface area contributed by atoms with Crippen LogP contribution in [0.4, 0.5) is 10.8 Å². The minimum Gasteiger partial charge on any atom is -0.301 e. The van der Waals surface area contributed by atoms with E-state index in [2.05, 4.69) is 30.0 Å². The maximum absolute atomic E-state index is 13.2. The third kappa shape index (κ3) is 6.89. The highest BCUT2D eigenvalue weighted by atomic mass is 32.2. The second-order valence-corrected chi connectivity index (χ2v) is 12.2. The summed E-state index contributed by atoms with van der Waals surface area (Å²) in [5, 5.41) is 5.38. The van der Waals surface area contributed by atoms with Gasteiger partial charge in [-0.05, 0) is 24.1 Å². The molecule has 0 unspecified atom stereocenters. The number of hydrogen-bond donors (Lipinski definition) is 2. The van der Waals surface area contributed by atoms with Crippen LogP contribution in [0.5, 0.6) is 0 Å². The Morgan fingerprint density at radius 3 is 2.52 bits per heavy atom. The lowest BCUT2D eigenvalue weighted by molar-refractivity contribution is -0.113. The molecule has 0 saturated heterocycles. The van der Waals surface area contributed by atoms with Gasteiger partial charge in [-0.15, -0.1) is 11.3 Å². The van der Waals surface area contributed by atoms with Crippen molar-refractivity contribution < 1.29 is 13.2 Å². The van der Waals surface area contributed by atoms with E-state index in [1.54, 1.807) is 29.6 Å². The Labute approximate surface area is 237 Å². The Morgan fingerprint density at radius 1 is 1.02 bits per heavy atom. The van der Waals surface area contributed by atoms with Gasteiger partial charge in [-0.1, -0.05) is 54.2 Å². The summed E-state index contributed by atoms with van der Waals surface area (Å²) in [5.74, 6) is -0.300. The highest BCUT2D eigenvalue weighted by molar-refractivity contribution is 7.99. The van der Waals surface area contributed by atoms with E-state index in [1.807, 2.05) is 30.3 Å². The van der Waals surface area contributed by atoms with E-state index in [0.717, 1.165) is 29.1 Å². The molecule has 2 N–H and O–H groups in total. The molecule has 0 spiro atoms. The maximum Gasteiger partial charge on any atom is 0.282 e. The molecule has 2 aromatic carbocycles. The van der Waals surface area contributed by atoms with Crippen molar-refractivity contribution in [2.45, 2.75) is 18.1 Å². The van der Waals surface area contributed by atoms with Gasteiger partial charge in [0.2, 0.25) is 15.9 Å². The predicted octanol–water partition coefficient (Wildman–Crippen LogP) is 3.66. The molecule has 5 aromatic rings. The third-order valence-corrected chi connectivity index (χ3v) is 7.93. The number of amides is 1. The summed E-state index contributed by atoms with van der Waals surface area (Å²) in [7, 11) is -3.36. The van der Waals surface area contributed by atoms with Gasteiger partial charge in [0.15, 0.2) is 21.5 Å². The lowest BCUT2D eigenvalue weighted by Crippen LogP contribution is -2.26. The number of carbonyl (C=O) groups excluding carboxylic acids is 1.